The summed E-state index contributed by atoms with van der Waals surface area (Å²) in [5.41, 5.74) is 0.524. The first-order valence-corrected chi connectivity index (χ1v) is 5.19. The molecular formula is C13H10FNO3. The number of benzene rings is 1. The molecule has 1 aromatic carbocycles. The van der Waals surface area contributed by atoms with E-state index in [2.05, 4.69) is 4.98 Å². The zero-order valence-corrected chi connectivity index (χ0v) is 9.55. The molecule has 18 heavy (non-hydrogen) atoms. The monoisotopic (exact) mass is 247 g/mol. The Morgan fingerprint density at radius 3 is 2.78 bits per heavy atom. The lowest BCUT2D eigenvalue weighted by atomic mass is 10.2. The van der Waals surface area contributed by atoms with Gasteiger partial charge in [-0.2, -0.15) is 0 Å². The number of aromatic nitrogens is 1. The van der Waals surface area contributed by atoms with Crippen molar-refractivity contribution < 1.29 is 19.0 Å². The van der Waals surface area contributed by atoms with E-state index in [0.717, 1.165) is 0 Å². The number of aryl methyl sites for hydroxylation is 1. The van der Waals surface area contributed by atoms with E-state index in [-0.39, 0.29) is 11.5 Å². The summed E-state index contributed by atoms with van der Waals surface area (Å²) in [5.74, 6) is -0.659. The summed E-state index contributed by atoms with van der Waals surface area (Å²) in [4.78, 5) is 14.4. The van der Waals surface area contributed by atoms with Crippen LogP contribution in [0.4, 0.5) is 4.39 Å². The lowest BCUT2D eigenvalue weighted by molar-refractivity contribution is 0.0690. The van der Waals surface area contributed by atoms with Crippen LogP contribution in [0.15, 0.2) is 36.5 Å². The van der Waals surface area contributed by atoms with Gasteiger partial charge < -0.3 is 9.84 Å². The van der Waals surface area contributed by atoms with Crippen LogP contribution in [0, 0.1) is 12.7 Å². The van der Waals surface area contributed by atoms with Gasteiger partial charge in [0.1, 0.15) is 17.3 Å². The third-order valence-electron chi connectivity index (χ3n) is 2.32. The number of nitrogens with zero attached hydrogens (tertiary/aromatic N) is 1. The standard InChI is InChI=1S/C13H10FNO3/c1-8-6-9(14)2-3-12(8)18-10-4-5-15-11(7-10)13(16)17/h2-7H,1H3,(H,16,17). The van der Waals surface area contributed by atoms with E-state index in [4.69, 9.17) is 9.84 Å². The highest BCUT2D eigenvalue weighted by molar-refractivity contribution is 5.85. The number of rotatable bonds is 3. The van der Waals surface area contributed by atoms with Gasteiger partial charge in [-0.05, 0) is 36.8 Å². The molecule has 92 valence electrons. The van der Waals surface area contributed by atoms with Crippen LogP contribution in [0.3, 0.4) is 0 Å². The fourth-order valence-corrected chi connectivity index (χ4v) is 1.45. The first-order valence-electron chi connectivity index (χ1n) is 5.19. The second-order valence-corrected chi connectivity index (χ2v) is 3.69. The smallest absolute Gasteiger partial charge is 0.354 e. The molecule has 5 heteroatoms. The van der Waals surface area contributed by atoms with Crippen LogP contribution < -0.4 is 4.74 Å². The Kier molecular flexibility index (Phi) is 3.23. The summed E-state index contributed by atoms with van der Waals surface area (Å²) in [6.07, 6.45) is 1.34. The summed E-state index contributed by atoms with van der Waals surface area (Å²) in [7, 11) is 0. The first-order chi connectivity index (χ1) is 8.56. The summed E-state index contributed by atoms with van der Waals surface area (Å²) in [6.45, 7) is 1.71. The molecule has 4 nitrogen and oxygen atoms in total. The molecule has 0 spiro atoms. The van der Waals surface area contributed by atoms with Crippen molar-refractivity contribution >= 4 is 5.97 Å². The van der Waals surface area contributed by atoms with E-state index in [9.17, 15) is 9.18 Å². The second-order valence-electron chi connectivity index (χ2n) is 3.69. The minimum atomic E-state index is -1.13. The van der Waals surface area contributed by atoms with Gasteiger partial charge >= 0.3 is 5.97 Å². The molecule has 0 bridgehead atoms. The molecule has 2 rings (SSSR count). The molecule has 0 aliphatic rings. The van der Waals surface area contributed by atoms with Crippen LogP contribution in [-0.2, 0) is 0 Å². The molecular weight excluding hydrogens is 237 g/mol. The fourth-order valence-electron chi connectivity index (χ4n) is 1.45. The van der Waals surface area contributed by atoms with E-state index >= 15 is 0 Å². The topological polar surface area (TPSA) is 59.4 Å². The maximum atomic E-state index is 12.9. The Morgan fingerprint density at radius 1 is 1.33 bits per heavy atom. The number of carboxylic acid groups (broad SMARTS) is 1. The van der Waals surface area contributed by atoms with Crippen molar-refractivity contribution in [3.8, 4) is 11.5 Å². The number of carboxylic acids is 1. The van der Waals surface area contributed by atoms with Crippen molar-refractivity contribution in [1.82, 2.24) is 4.98 Å². The van der Waals surface area contributed by atoms with Gasteiger partial charge in [0.25, 0.3) is 0 Å². The molecule has 2 aromatic rings. The Morgan fingerprint density at radius 2 is 2.11 bits per heavy atom. The minimum absolute atomic E-state index is 0.104. The maximum absolute atomic E-state index is 12.9. The highest BCUT2D eigenvalue weighted by Gasteiger charge is 2.07. The van der Waals surface area contributed by atoms with E-state index in [1.807, 2.05) is 0 Å². The van der Waals surface area contributed by atoms with Crippen LogP contribution in [0.5, 0.6) is 11.5 Å². The van der Waals surface area contributed by atoms with Gasteiger partial charge in [0.2, 0.25) is 0 Å². The molecule has 0 unspecified atom stereocenters. The lowest BCUT2D eigenvalue weighted by Gasteiger charge is -2.08. The minimum Gasteiger partial charge on any atom is -0.477 e. The number of pyridine rings is 1. The van der Waals surface area contributed by atoms with Gasteiger partial charge in [-0.1, -0.05) is 0 Å². The van der Waals surface area contributed by atoms with E-state index in [1.54, 1.807) is 6.92 Å². The van der Waals surface area contributed by atoms with Gasteiger partial charge in [0, 0.05) is 12.3 Å². The highest BCUT2D eigenvalue weighted by atomic mass is 19.1. The van der Waals surface area contributed by atoms with Gasteiger partial charge in [-0.3, -0.25) is 0 Å². The van der Waals surface area contributed by atoms with E-state index in [0.29, 0.717) is 17.1 Å². The molecule has 1 heterocycles. The van der Waals surface area contributed by atoms with Crippen molar-refractivity contribution in [2.24, 2.45) is 0 Å². The van der Waals surface area contributed by atoms with Crippen molar-refractivity contribution in [1.29, 1.82) is 0 Å². The summed E-state index contributed by atoms with van der Waals surface area (Å²) in [6, 6.07) is 6.96. The van der Waals surface area contributed by atoms with Crippen molar-refractivity contribution in [2.75, 3.05) is 0 Å². The van der Waals surface area contributed by atoms with Gasteiger partial charge in [-0.15, -0.1) is 0 Å². The van der Waals surface area contributed by atoms with Crippen molar-refractivity contribution in [3.05, 3.63) is 53.6 Å². The SMILES string of the molecule is Cc1cc(F)ccc1Oc1ccnc(C(=O)O)c1. The van der Waals surface area contributed by atoms with E-state index < -0.39 is 5.97 Å². The normalized spacial score (nSPS) is 10.1. The summed E-state index contributed by atoms with van der Waals surface area (Å²) < 4.78 is 18.4. The zero-order valence-electron chi connectivity index (χ0n) is 9.55. The van der Waals surface area contributed by atoms with Crippen LogP contribution >= 0.6 is 0 Å². The average Bonchev–Trinajstić information content (AvgIpc) is 2.33. The quantitative estimate of drug-likeness (QED) is 0.905. The van der Waals surface area contributed by atoms with Crippen LogP contribution in [0.25, 0.3) is 0 Å². The molecule has 1 N–H and O–H groups in total. The van der Waals surface area contributed by atoms with Crippen LogP contribution in [0.2, 0.25) is 0 Å². The first kappa shape index (κ1) is 12.0. The molecule has 0 fully saturated rings. The molecule has 0 aliphatic carbocycles. The Balaban J connectivity index is 2.28. The summed E-state index contributed by atoms with van der Waals surface area (Å²) >= 11 is 0. The third kappa shape index (κ3) is 2.63. The van der Waals surface area contributed by atoms with Gasteiger partial charge in [0.15, 0.2) is 5.69 Å². The Bertz CT molecular complexity index is 599. The number of halogens is 1. The highest BCUT2D eigenvalue weighted by Crippen LogP contribution is 2.25. The largest absolute Gasteiger partial charge is 0.477 e. The molecule has 0 atom stereocenters. The number of ether oxygens (including phenoxy) is 1. The zero-order chi connectivity index (χ0) is 13.1. The molecule has 0 saturated carbocycles. The van der Waals surface area contributed by atoms with Crippen LogP contribution in [-0.4, -0.2) is 16.1 Å². The molecule has 0 aliphatic heterocycles. The van der Waals surface area contributed by atoms with Crippen LogP contribution in [0.1, 0.15) is 16.1 Å². The van der Waals surface area contributed by atoms with Crippen molar-refractivity contribution in [3.63, 3.8) is 0 Å². The summed E-state index contributed by atoms with van der Waals surface area (Å²) in [5, 5.41) is 8.80. The predicted molar refractivity (Wildman–Crippen MR) is 62.4 cm³/mol. The molecule has 1 aromatic heterocycles. The number of aromatic carboxylic acids is 1. The third-order valence-corrected chi connectivity index (χ3v) is 2.32. The molecule has 0 amide bonds. The number of carbonyl (C=O) groups is 1. The molecule has 0 radical (unpaired) electrons. The maximum Gasteiger partial charge on any atom is 0.354 e. The molecule has 0 saturated heterocycles. The predicted octanol–water partition coefficient (Wildman–Crippen LogP) is 3.02. The number of hydrogen-bond donors (Lipinski definition) is 1. The fraction of sp³-hybridized carbons (Fsp3) is 0.0769. The second kappa shape index (κ2) is 4.83. The van der Waals surface area contributed by atoms with Gasteiger partial charge in [0.05, 0.1) is 0 Å². The Hall–Kier alpha value is -2.43. The Labute approximate surface area is 103 Å². The lowest BCUT2D eigenvalue weighted by Crippen LogP contribution is -2.00. The van der Waals surface area contributed by atoms with E-state index in [1.165, 1.54) is 36.5 Å². The van der Waals surface area contributed by atoms with Gasteiger partial charge in [-0.25, -0.2) is 14.2 Å². The van der Waals surface area contributed by atoms with Crippen molar-refractivity contribution in [2.45, 2.75) is 6.92 Å². The number of hydrogen-bond acceptors (Lipinski definition) is 3. The average molecular weight is 247 g/mol.